The number of benzene rings is 1. The van der Waals surface area contributed by atoms with Gasteiger partial charge >= 0.3 is 6.03 Å². The van der Waals surface area contributed by atoms with Crippen LogP contribution in [0.5, 0.6) is 0 Å². The predicted molar refractivity (Wildman–Crippen MR) is 83.2 cm³/mol. The van der Waals surface area contributed by atoms with E-state index in [1.807, 2.05) is 7.05 Å². The molecule has 1 heterocycles. The van der Waals surface area contributed by atoms with Crippen molar-refractivity contribution in [2.45, 2.75) is 19.4 Å². The number of hydrogen-bond acceptors (Lipinski definition) is 2. The van der Waals surface area contributed by atoms with Gasteiger partial charge in [0.2, 0.25) is 0 Å². The number of halogens is 3. The molecule has 1 saturated heterocycles. The fraction of sp³-hybridized carbons (Fsp3) is 0.533. The molecule has 1 fully saturated rings. The highest BCUT2D eigenvalue weighted by Gasteiger charge is 2.30. The van der Waals surface area contributed by atoms with E-state index in [1.165, 1.54) is 0 Å². The second-order valence-corrected chi connectivity index (χ2v) is 6.29. The molecule has 22 heavy (non-hydrogen) atoms. The summed E-state index contributed by atoms with van der Waals surface area (Å²) >= 11 is 5.80. The molecule has 122 valence electrons. The van der Waals surface area contributed by atoms with E-state index in [-0.39, 0.29) is 16.8 Å². The van der Waals surface area contributed by atoms with E-state index in [9.17, 15) is 13.6 Å². The lowest BCUT2D eigenvalue weighted by molar-refractivity contribution is 0.113. The number of piperidine rings is 1. The van der Waals surface area contributed by atoms with Crippen LogP contribution in [0.4, 0.5) is 19.3 Å². The Bertz CT molecular complexity index is 547. The molecule has 7 heteroatoms. The number of hydrogen-bond donors (Lipinski definition) is 1. The lowest BCUT2D eigenvalue weighted by atomic mass is 9.93. The van der Waals surface area contributed by atoms with Crippen LogP contribution >= 0.6 is 11.6 Å². The standard InChI is InChI=1S/C15H20ClF2N3O/c1-9-8-20(2)5-4-13(9)21(3)15(22)19-14-11(16)6-10(17)7-12(14)18/h6-7,9,13H,4-5,8H2,1-3H3,(H,19,22)/t9-,13+/m0/s1. The van der Waals surface area contributed by atoms with Crippen LogP contribution in [0.25, 0.3) is 0 Å². The van der Waals surface area contributed by atoms with Crippen molar-refractivity contribution in [2.75, 3.05) is 32.5 Å². The molecule has 1 aromatic carbocycles. The molecule has 0 bridgehead atoms. The maximum absolute atomic E-state index is 13.7. The van der Waals surface area contributed by atoms with Crippen LogP contribution in [0, 0.1) is 17.6 Å². The fourth-order valence-corrected chi connectivity index (χ4v) is 3.17. The molecule has 1 aliphatic rings. The Labute approximate surface area is 134 Å². The lowest BCUT2D eigenvalue weighted by Gasteiger charge is -2.39. The van der Waals surface area contributed by atoms with Crippen molar-refractivity contribution in [1.82, 2.24) is 9.80 Å². The van der Waals surface area contributed by atoms with Gasteiger partial charge in [-0.25, -0.2) is 13.6 Å². The maximum Gasteiger partial charge on any atom is 0.321 e. The average molecular weight is 332 g/mol. The molecule has 1 N–H and O–H groups in total. The van der Waals surface area contributed by atoms with Crippen LogP contribution in [-0.4, -0.2) is 49.1 Å². The number of likely N-dealkylation sites (tertiary alicyclic amines) is 1. The van der Waals surface area contributed by atoms with Crippen LogP contribution in [0.1, 0.15) is 13.3 Å². The SMILES string of the molecule is C[C@H]1CN(C)CC[C@H]1N(C)C(=O)Nc1c(F)cc(F)cc1Cl. The Morgan fingerprint density at radius 3 is 2.73 bits per heavy atom. The molecule has 0 spiro atoms. The van der Waals surface area contributed by atoms with Gasteiger partial charge in [0, 0.05) is 25.7 Å². The summed E-state index contributed by atoms with van der Waals surface area (Å²) in [6.45, 7) is 3.88. The molecule has 0 aliphatic carbocycles. The summed E-state index contributed by atoms with van der Waals surface area (Å²) in [6.07, 6.45) is 0.848. The number of carbonyl (C=O) groups is 1. The van der Waals surface area contributed by atoms with Gasteiger partial charge in [0.05, 0.1) is 10.7 Å². The number of rotatable bonds is 2. The van der Waals surface area contributed by atoms with Crippen LogP contribution in [0.15, 0.2) is 12.1 Å². The van der Waals surface area contributed by atoms with E-state index in [0.29, 0.717) is 12.0 Å². The summed E-state index contributed by atoms with van der Waals surface area (Å²) in [7, 11) is 3.72. The fourth-order valence-electron chi connectivity index (χ4n) is 2.92. The number of anilines is 1. The average Bonchev–Trinajstić information content (AvgIpc) is 2.41. The Kier molecular flexibility index (Phi) is 5.24. The van der Waals surface area contributed by atoms with Crippen molar-refractivity contribution in [3.05, 3.63) is 28.8 Å². The Morgan fingerprint density at radius 2 is 2.14 bits per heavy atom. The maximum atomic E-state index is 13.7. The van der Waals surface area contributed by atoms with Gasteiger partial charge in [0.15, 0.2) is 5.82 Å². The van der Waals surface area contributed by atoms with Gasteiger partial charge in [0.1, 0.15) is 5.82 Å². The van der Waals surface area contributed by atoms with Gasteiger partial charge in [-0.15, -0.1) is 0 Å². The van der Waals surface area contributed by atoms with E-state index < -0.39 is 17.7 Å². The van der Waals surface area contributed by atoms with Crippen molar-refractivity contribution >= 4 is 23.3 Å². The van der Waals surface area contributed by atoms with Crippen molar-refractivity contribution in [3.8, 4) is 0 Å². The monoisotopic (exact) mass is 331 g/mol. The summed E-state index contributed by atoms with van der Waals surface area (Å²) in [5.41, 5.74) is -0.194. The number of urea groups is 1. The molecule has 2 rings (SSSR count). The Balaban J connectivity index is 2.09. The highest BCUT2D eigenvalue weighted by molar-refractivity contribution is 6.33. The number of nitrogens with zero attached hydrogens (tertiary/aromatic N) is 2. The minimum atomic E-state index is -0.886. The third-order valence-corrected chi connectivity index (χ3v) is 4.42. The summed E-state index contributed by atoms with van der Waals surface area (Å²) in [4.78, 5) is 16.1. The zero-order valence-electron chi connectivity index (χ0n) is 12.9. The molecule has 2 atom stereocenters. The molecule has 4 nitrogen and oxygen atoms in total. The summed E-state index contributed by atoms with van der Waals surface area (Å²) in [5.74, 6) is -1.36. The van der Waals surface area contributed by atoms with Crippen LogP contribution < -0.4 is 5.32 Å². The largest absolute Gasteiger partial charge is 0.324 e. The summed E-state index contributed by atoms with van der Waals surface area (Å²) in [6, 6.07) is 1.28. The summed E-state index contributed by atoms with van der Waals surface area (Å²) < 4.78 is 26.8. The summed E-state index contributed by atoms with van der Waals surface area (Å²) in [5, 5.41) is 2.28. The van der Waals surface area contributed by atoms with Crippen LogP contribution in [0.2, 0.25) is 5.02 Å². The zero-order chi connectivity index (χ0) is 16.4. The van der Waals surface area contributed by atoms with Crippen molar-refractivity contribution in [2.24, 2.45) is 5.92 Å². The van der Waals surface area contributed by atoms with E-state index in [0.717, 1.165) is 25.6 Å². The second kappa shape index (κ2) is 6.79. The quantitative estimate of drug-likeness (QED) is 0.901. The second-order valence-electron chi connectivity index (χ2n) is 5.88. The first-order chi connectivity index (χ1) is 10.3. The lowest BCUT2D eigenvalue weighted by Crippen LogP contribution is -2.50. The van der Waals surface area contributed by atoms with E-state index >= 15 is 0 Å². The molecule has 1 aliphatic heterocycles. The zero-order valence-corrected chi connectivity index (χ0v) is 13.6. The van der Waals surface area contributed by atoms with Crippen LogP contribution in [0.3, 0.4) is 0 Å². The minimum Gasteiger partial charge on any atom is -0.324 e. The molecule has 2 amide bonds. The molecule has 0 saturated carbocycles. The predicted octanol–water partition coefficient (Wildman–Crippen LogP) is 3.42. The highest BCUT2D eigenvalue weighted by Crippen LogP contribution is 2.27. The number of amides is 2. The Hall–Kier alpha value is -1.40. The first-order valence-electron chi connectivity index (χ1n) is 7.16. The third kappa shape index (κ3) is 3.67. The normalized spacial score (nSPS) is 22.5. The van der Waals surface area contributed by atoms with Gasteiger partial charge in [0.25, 0.3) is 0 Å². The number of nitrogens with one attached hydrogen (secondary N) is 1. The van der Waals surface area contributed by atoms with Crippen LogP contribution in [-0.2, 0) is 0 Å². The van der Waals surface area contributed by atoms with E-state index in [1.54, 1.807) is 11.9 Å². The molecule has 0 radical (unpaired) electrons. The van der Waals surface area contributed by atoms with Crippen molar-refractivity contribution in [3.63, 3.8) is 0 Å². The van der Waals surface area contributed by atoms with E-state index in [4.69, 9.17) is 11.6 Å². The van der Waals surface area contributed by atoms with Gasteiger partial charge in [-0.1, -0.05) is 18.5 Å². The van der Waals surface area contributed by atoms with Gasteiger partial charge in [-0.05, 0) is 32.0 Å². The smallest absolute Gasteiger partial charge is 0.321 e. The van der Waals surface area contributed by atoms with Gasteiger partial charge in [-0.2, -0.15) is 0 Å². The van der Waals surface area contributed by atoms with Gasteiger partial charge in [-0.3, -0.25) is 0 Å². The molecule has 0 unspecified atom stereocenters. The van der Waals surface area contributed by atoms with Crippen molar-refractivity contribution in [1.29, 1.82) is 0 Å². The molecular formula is C15H20ClF2N3O. The molecule has 0 aromatic heterocycles. The molecular weight excluding hydrogens is 312 g/mol. The van der Waals surface area contributed by atoms with Crippen molar-refractivity contribution < 1.29 is 13.6 Å². The Morgan fingerprint density at radius 1 is 1.45 bits per heavy atom. The van der Waals surface area contributed by atoms with E-state index in [2.05, 4.69) is 17.1 Å². The van der Waals surface area contributed by atoms with Gasteiger partial charge < -0.3 is 15.1 Å². The number of carbonyl (C=O) groups excluding carboxylic acids is 1. The minimum absolute atomic E-state index is 0.0680. The third-order valence-electron chi connectivity index (χ3n) is 4.12. The molecule has 1 aromatic rings. The first kappa shape index (κ1) is 17.0. The highest BCUT2D eigenvalue weighted by atomic mass is 35.5. The first-order valence-corrected chi connectivity index (χ1v) is 7.54. The topological polar surface area (TPSA) is 35.6 Å².